The summed E-state index contributed by atoms with van der Waals surface area (Å²) in [6.07, 6.45) is 6.87. The Balaban J connectivity index is 0.00000272. The van der Waals surface area contributed by atoms with Crippen LogP contribution in [0.25, 0.3) is 0 Å². The van der Waals surface area contributed by atoms with Crippen molar-refractivity contribution in [3.8, 4) is 11.6 Å². The van der Waals surface area contributed by atoms with Gasteiger partial charge in [-0.2, -0.15) is 5.10 Å². The molecular formula is C22H26FIN6O. The predicted octanol–water partition coefficient (Wildman–Crippen LogP) is 3.93. The van der Waals surface area contributed by atoms with Crippen molar-refractivity contribution >= 4 is 29.9 Å². The Morgan fingerprint density at radius 2 is 2.16 bits per heavy atom. The second-order valence-corrected chi connectivity index (χ2v) is 7.34. The van der Waals surface area contributed by atoms with Crippen LogP contribution >= 0.6 is 24.0 Å². The monoisotopic (exact) mass is 536 g/mol. The minimum Gasteiger partial charge on any atom is -0.439 e. The molecule has 3 aromatic rings. The van der Waals surface area contributed by atoms with Crippen molar-refractivity contribution in [2.75, 3.05) is 20.1 Å². The summed E-state index contributed by atoms with van der Waals surface area (Å²) in [4.78, 5) is 11.0. The van der Waals surface area contributed by atoms with Gasteiger partial charge in [-0.05, 0) is 29.7 Å². The average molecular weight is 536 g/mol. The normalized spacial score (nSPS) is 16.2. The highest BCUT2D eigenvalue weighted by atomic mass is 127. The maximum atomic E-state index is 13.3. The summed E-state index contributed by atoms with van der Waals surface area (Å²) in [7, 11) is 3.74. The lowest BCUT2D eigenvalue weighted by Crippen LogP contribution is -2.39. The fourth-order valence-corrected chi connectivity index (χ4v) is 3.62. The summed E-state index contributed by atoms with van der Waals surface area (Å²) in [5.74, 6) is 1.85. The second kappa shape index (κ2) is 10.6. The van der Waals surface area contributed by atoms with Gasteiger partial charge in [-0.1, -0.05) is 12.1 Å². The molecular weight excluding hydrogens is 510 g/mol. The highest BCUT2D eigenvalue weighted by Crippen LogP contribution is 2.26. The number of aromatic nitrogens is 3. The van der Waals surface area contributed by atoms with Crippen molar-refractivity contribution in [1.29, 1.82) is 0 Å². The number of rotatable bonds is 5. The molecule has 1 saturated heterocycles. The summed E-state index contributed by atoms with van der Waals surface area (Å²) in [5.41, 5.74) is 2.28. The Kier molecular flexibility index (Phi) is 7.83. The number of ether oxygens (including phenoxy) is 1. The number of nitrogens with zero attached hydrogens (tertiary/aromatic N) is 5. The molecule has 0 saturated carbocycles. The summed E-state index contributed by atoms with van der Waals surface area (Å²) >= 11 is 0. The first kappa shape index (κ1) is 23.0. The van der Waals surface area contributed by atoms with Gasteiger partial charge in [0.15, 0.2) is 5.96 Å². The lowest BCUT2D eigenvalue weighted by molar-refractivity contribution is 0.457. The van der Waals surface area contributed by atoms with E-state index in [1.807, 2.05) is 24.0 Å². The molecule has 2 aromatic heterocycles. The third-order valence-electron chi connectivity index (χ3n) is 5.16. The lowest BCUT2D eigenvalue weighted by atomic mass is 10.0. The summed E-state index contributed by atoms with van der Waals surface area (Å²) in [6.45, 7) is 2.48. The molecule has 9 heteroatoms. The van der Waals surface area contributed by atoms with Crippen LogP contribution in [0, 0.1) is 5.82 Å². The highest BCUT2D eigenvalue weighted by Gasteiger charge is 2.26. The number of pyridine rings is 1. The minimum absolute atomic E-state index is 0. The fourth-order valence-electron chi connectivity index (χ4n) is 3.62. The maximum Gasteiger partial charge on any atom is 0.219 e. The molecule has 4 rings (SSSR count). The van der Waals surface area contributed by atoms with Crippen LogP contribution in [0.15, 0.2) is 60.0 Å². The molecule has 7 nitrogen and oxygen atoms in total. The van der Waals surface area contributed by atoms with Gasteiger partial charge in [-0.25, -0.2) is 9.37 Å². The molecule has 0 aliphatic carbocycles. The molecule has 1 aliphatic heterocycles. The van der Waals surface area contributed by atoms with Crippen LogP contribution in [0.3, 0.4) is 0 Å². The van der Waals surface area contributed by atoms with Crippen LogP contribution in [0.2, 0.25) is 0 Å². The number of hydrogen-bond donors (Lipinski definition) is 1. The Labute approximate surface area is 198 Å². The maximum absolute atomic E-state index is 13.3. The van der Waals surface area contributed by atoms with E-state index in [0.29, 0.717) is 24.1 Å². The predicted molar refractivity (Wildman–Crippen MR) is 128 cm³/mol. The van der Waals surface area contributed by atoms with Gasteiger partial charge in [0.05, 0.1) is 6.20 Å². The minimum atomic E-state index is -0.340. The molecule has 1 unspecified atom stereocenters. The molecule has 0 bridgehead atoms. The van der Waals surface area contributed by atoms with Crippen molar-refractivity contribution in [2.24, 2.45) is 12.0 Å². The van der Waals surface area contributed by atoms with Gasteiger partial charge < -0.3 is 15.0 Å². The van der Waals surface area contributed by atoms with Crippen LogP contribution in [-0.4, -0.2) is 45.8 Å². The van der Waals surface area contributed by atoms with E-state index in [0.717, 1.165) is 31.0 Å². The Morgan fingerprint density at radius 1 is 1.29 bits per heavy atom. The molecule has 1 aromatic carbocycles. The van der Waals surface area contributed by atoms with E-state index in [4.69, 9.17) is 4.74 Å². The van der Waals surface area contributed by atoms with Gasteiger partial charge in [-0.3, -0.25) is 9.67 Å². The Hall–Kier alpha value is -2.69. The zero-order valence-corrected chi connectivity index (χ0v) is 19.9. The molecule has 1 N–H and O–H groups in total. The van der Waals surface area contributed by atoms with E-state index in [9.17, 15) is 4.39 Å². The number of nitrogens with one attached hydrogen (secondary N) is 1. The van der Waals surface area contributed by atoms with Crippen molar-refractivity contribution in [2.45, 2.75) is 18.9 Å². The van der Waals surface area contributed by atoms with Crippen LogP contribution in [0.1, 0.15) is 23.5 Å². The summed E-state index contributed by atoms with van der Waals surface area (Å²) in [5, 5.41) is 7.69. The zero-order valence-electron chi connectivity index (χ0n) is 17.5. The Morgan fingerprint density at radius 3 is 2.84 bits per heavy atom. The summed E-state index contributed by atoms with van der Waals surface area (Å²) in [6, 6.07) is 9.71. The second-order valence-electron chi connectivity index (χ2n) is 7.34. The highest BCUT2D eigenvalue weighted by molar-refractivity contribution is 14.0. The molecule has 0 radical (unpaired) electrons. The van der Waals surface area contributed by atoms with Gasteiger partial charge in [-0.15, -0.1) is 24.0 Å². The molecule has 164 valence electrons. The van der Waals surface area contributed by atoms with Gasteiger partial charge >= 0.3 is 0 Å². The zero-order chi connectivity index (χ0) is 20.9. The number of benzene rings is 1. The van der Waals surface area contributed by atoms with Crippen LogP contribution in [-0.2, 0) is 13.6 Å². The topological polar surface area (TPSA) is 67.6 Å². The van der Waals surface area contributed by atoms with Gasteiger partial charge in [0.1, 0.15) is 11.6 Å². The van der Waals surface area contributed by atoms with Crippen LogP contribution in [0.4, 0.5) is 4.39 Å². The van der Waals surface area contributed by atoms with E-state index in [1.165, 1.54) is 17.7 Å². The van der Waals surface area contributed by atoms with Gasteiger partial charge in [0.2, 0.25) is 5.88 Å². The van der Waals surface area contributed by atoms with E-state index in [2.05, 4.69) is 31.5 Å². The molecule has 3 heterocycles. The van der Waals surface area contributed by atoms with Crippen molar-refractivity contribution in [3.63, 3.8) is 0 Å². The molecule has 1 atom stereocenters. The van der Waals surface area contributed by atoms with Crippen LogP contribution in [0.5, 0.6) is 11.6 Å². The van der Waals surface area contributed by atoms with Crippen molar-refractivity contribution < 1.29 is 9.13 Å². The van der Waals surface area contributed by atoms with Gasteiger partial charge in [0, 0.05) is 64.2 Å². The lowest BCUT2D eigenvalue weighted by Gasteiger charge is -2.21. The Bertz CT molecular complexity index is 1020. The smallest absolute Gasteiger partial charge is 0.219 e. The fraction of sp³-hybridized carbons (Fsp3) is 0.318. The SMILES string of the molecule is CN=C(NCc1ccc(Oc2cccc(F)c2)nc1)N1CCC(c2cnn(C)c2)C1.I. The molecule has 31 heavy (non-hydrogen) atoms. The van der Waals surface area contributed by atoms with Crippen molar-refractivity contribution in [3.05, 3.63) is 71.9 Å². The number of likely N-dealkylation sites (tertiary alicyclic amines) is 1. The number of guanidine groups is 1. The van der Waals surface area contributed by atoms with Gasteiger partial charge in [0.25, 0.3) is 0 Å². The molecule has 0 spiro atoms. The van der Waals surface area contributed by atoms with E-state index < -0.39 is 0 Å². The third-order valence-corrected chi connectivity index (χ3v) is 5.16. The molecule has 0 amide bonds. The number of aryl methyl sites for hydroxylation is 1. The first-order chi connectivity index (χ1) is 14.6. The first-order valence-electron chi connectivity index (χ1n) is 9.93. The number of halogens is 2. The standard InChI is InChI=1S/C22H25FN6O.HI/c1-24-22(29-9-8-17(15-29)18-13-27-28(2)14-18)26-12-16-6-7-21(25-11-16)30-20-5-3-4-19(23)10-20;/h3-7,10-11,13-14,17H,8-9,12,15H2,1-2H3,(H,24,26);1H. The number of aliphatic imine (C=N–C) groups is 1. The van der Waals surface area contributed by atoms with E-state index in [1.54, 1.807) is 31.4 Å². The van der Waals surface area contributed by atoms with Crippen LogP contribution < -0.4 is 10.1 Å². The molecule has 1 fully saturated rings. The first-order valence-corrected chi connectivity index (χ1v) is 9.93. The largest absolute Gasteiger partial charge is 0.439 e. The summed E-state index contributed by atoms with van der Waals surface area (Å²) < 4.78 is 20.7. The third kappa shape index (κ3) is 5.93. The number of hydrogen-bond acceptors (Lipinski definition) is 4. The van der Waals surface area contributed by atoms with E-state index in [-0.39, 0.29) is 29.8 Å². The molecule has 1 aliphatic rings. The quantitative estimate of drug-likeness (QED) is 0.304. The van der Waals surface area contributed by atoms with E-state index >= 15 is 0 Å². The average Bonchev–Trinajstić information content (AvgIpc) is 3.39. The van der Waals surface area contributed by atoms with Crippen molar-refractivity contribution in [1.82, 2.24) is 25.0 Å².